The third-order valence-corrected chi connectivity index (χ3v) is 6.36. The van der Waals surface area contributed by atoms with E-state index in [0.717, 1.165) is 56.8 Å². The summed E-state index contributed by atoms with van der Waals surface area (Å²) >= 11 is 0. The van der Waals surface area contributed by atoms with Gasteiger partial charge in [-0.2, -0.15) is 4.98 Å². The maximum Gasteiger partial charge on any atom is 0.229 e. The molecule has 36 heavy (non-hydrogen) atoms. The molecule has 3 N–H and O–H groups in total. The van der Waals surface area contributed by atoms with Gasteiger partial charge in [0.05, 0.1) is 5.56 Å². The van der Waals surface area contributed by atoms with Gasteiger partial charge in [-0.3, -0.25) is 4.79 Å². The van der Waals surface area contributed by atoms with Crippen LogP contribution in [0.2, 0.25) is 0 Å². The van der Waals surface area contributed by atoms with E-state index in [1.165, 1.54) is 12.1 Å². The molecule has 8 heteroatoms. The van der Waals surface area contributed by atoms with Crippen LogP contribution in [0.1, 0.15) is 60.8 Å². The van der Waals surface area contributed by atoms with Gasteiger partial charge in [0, 0.05) is 36.6 Å². The van der Waals surface area contributed by atoms with Gasteiger partial charge >= 0.3 is 0 Å². The van der Waals surface area contributed by atoms with Gasteiger partial charge in [0.25, 0.3) is 0 Å². The van der Waals surface area contributed by atoms with Crippen molar-refractivity contribution in [2.45, 2.75) is 51.7 Å². The number of halogens is 1. The van der Waals surface area contributed by atoms with Gasteiger partial charge in [-0.25, -0.2) is 9.37 Å². The Kier molecular flexibility index (Phi) is 8.61. The van der Waals surface area contributed by atoms with Gasteiger partial charge in [0.1, 0.15) is 17.7 Å². The fourth-order valence-electron chi connectivity index (χ4n) is 4.58. The maximum atomic E-state index is 14.6. The smallest absolute Gasteiger partial charge is 0.229 e. The third kappa shape index (κ3) is 6.25. The summed E-state index contributed by atoms with van der Waals surface area (Å²) in [5.41, 5.74) is 1.63. The Balaban J connectivity index is 1.58. The first-order chi connectivity index (χ1) is 17.5. The molecule has 2 heterocycles. The number of hydrogen-bond acceptors (Lipinski definition) is 7. The largest absolute Gasteiger partial charge is 0.380 e. The Bertz CT molecular complexity index is 1170. The second-order valence-electron chi connectivity index (χ2n) is 9.13. The second-order valence-corrected chi connectivity index (χ2v) is 9.13. The van der Waals surface area contributed by atoms with E-state index in [0.29, 0.717) is 23.2 Å². The van der Waals surface area contributed by atoms with Crippen molar-refractivity contribution in [1.82, 2.24) is 15.3 Å². The average molecular weight is 492 g/mol. The zero-order valence-corrected chi connectivity index (χ0v) is 20.9. The molecule has 7 nitrogen and oxygen atoms in total. The number of nitrogens with one attached hydrogen (secondary N) is 2. The third-order valence-electron chi connectivity index (χ3n) is 6.36. The van der Waals surface area contributed by atoms with E-state index in [1.54, 1.807) is 36.4 Å². The molecule has 0 bridgehead atoms. The van der Waals surface area contributed by atoms with E-state index in [4.69, 9.17) is 4.98 Å². The van der Waals surface area contributed by atoms with E-state index in [1.807, 2.05) is 6.07 Å². The van der Waals surface area contributed by atoms with E-state index >= 15 is 0 Å². The van der Waals surface area contributed by atoms with Crippen molar-refractivity contribution >= 4 is 23.2 Å². The molecular formula is C28H34FN5O2. The number of nitrogens with zero attached hydrogens (tertiary/aromatic N) is 3. The fraction of sp³-hybridized carbons (Fsp3) is 0.393. The van der Waals surface area contributed by atoms with Crippen molar-refractivity contribution in [3.05, 3.63) is 77.2 Å². The summed E-state index contributed by atoms with van der Waals surface area (Å²) in [6, 6.07) is 15.1. The minimum Gasteiger partial charge on any atom is -0.380 e. The topological polar surface area (TPSA) is 90.4 Å². The van der Waals surface area contributed by atoms with Crippen LogP contribution in [0, 0.1) is 5.82 Å². The number of carbonyl (C=O) groups excluding carboxylic acids is 1. The lowest BCUT2D eigenvalue weighted by atomic mass is 9.99. The highest BCUT2D eigenvalue weighted by molar-refractivity contribution is 6.00. The summed E-state index contributed by atoms with van der Waals surface area (Å²) in [5, 5.41) is 17.2. The number of anilines is 3. The number of ketones is 1. The molecular weight excluding hydrogens is 457 g/mol. The quantitative estimate of drug-likeness (QED) is 0.351. The Morgan fingerprint density at radius 3 is 2.72 bits per heavy atom. The first kappa shape index (κ1) is 25.7. The number of carbonyl (C=O) groups is 1. The summed E-state index contributed by atoms with van der Waals surface area (Å²) in [6.45, 7) is 6.96. The van der Waals surface area contributed by atoms with Crippen LogP contribution in [0.5, 0.6) is 0 Å². The van der Waals surface area contributed by atoms with Crippen molar-refractivity contribution in [2.24, 2.45) is 0 Å². The number of hydrogen-bond donors (Lipinski definition) is 3. The lowest BCUT2D eigenvalue weighted by Crippen LogP contribution is -2.46. The molecule has 1 aromatic heterocycles. The molecule has 0 aliphatic carbocycles. The fourth-order valence-corrected chi connectivity index (χ4v) is 4.58. The molecule has 4 rings (SSSR count). The molecule has 3 aromatic rings. The number of likely N-dealkylation sites (N-methyl/N-ethyl adjacent to an activating group) is 1. The summed E-state index contributed by atoms with van der Waals surface area (Å²) in [5.74, 6) is -0.136. The van der Waals surface area contributed by atoms with Crippen LogP contribution in [0.3, 0.4) is 0 Å². The number of aromatic nitrogens is 2. The second kappa shape index (κ2) is 12.1. The molecule has 0 spiro atoms. The molecule has 1 fully saturated rings. The van der Waals surface area contributed by atoms with Gasteiger partial charge in [-0.05, 0) is 49.6 Å². The Morgan fingerprint density at radius 1 is 1.17 bits per heavy atom. The summed E-state index contributed by atoms with van der Waals surface area (Å²) in [6.07, 6.45) is 2.54. The van der Waals surface area contributed by atoms with Crippen molar-refractivity contribution in [3.63, 3.8) is 0 Å². The standard InChI is InChI=1S/C28H34FN5O2/c1-3-9-20-17-25(34-15-8-12-22(18-34)30-4-2)33-28(31-20)32-21-13-14-24(29)23(16-21)27(36)26(35)19-10-6-5-7-11-19/h5-7,10-11,13-14,16-17,22,26,30,35H,3-4,8-9,12,15,18H2,1-2H3,(H,31,32,33). The number of aliphatic hydroxyl groups is 1. The van der Waals surface area contributed by atoms with Crippen LogP contribution in [-0.4, -0.2) is 46.5 Å². The van der Waals surface area contributed by atoms with Crippen LogP contribution < -0.4 is 15.5 Å². The maximum absolute atomic E-state index is 14.6. The molecule has 190 valence electrons. The van der Waals surface area contributed by atoms with E-state index in [-0.39, 0.29) is 5.56 Å². The lowest BCUT2D eigenvalue weighted by molar-refractivity contribution is 0.0743. The van der Waals surface area contributed by atoms with Crippen LogP contribution in [0.4, 0.5) is 21.8 Å². The molecule has 1 saturated heterocycles. The van der Waals surface area contributed by atoms with Gasteiger partial charge in [0.15, 0.2) is 5.78 Å². The van der Waals surface area contributed by atoms with Crippen LogP contribution in [-0.2, 0) is 6.42 Å². The van der Waals surface area contributed by atoms with Crippen LogP contribution in [0.25, 0.3) is 0 Å². The van der Waals surface area contributed by atoms with Gasteiger partial charge in [-0.15, -0.1) is 0 Å². The minimum absolute atomic E-state index is 0.189. The number of aryl methyl sites for hydroxylation is 1. The number of rotatable bonds is 10. The molecule has 0 saturated carbocycles. The first-order valence-corrected chi connectivity index (χ1v) is 12.7. The number of piperidine rings is 1. The van der Waals surface area contributed by atoms with Crippen molar-refractivity contribution in [3.8, 4) is 0 Å². The highest BCUT2D eigenvalue weighted by Gasteiger charge is 2.24. The van der Waals surface area contributed by atoms with Gasteiger partial charge < -0.3 is 20.6 Å². The Morgan fingerprint density at radius 2 is 1.97 bits per heavy atom. The zero-order chi connectivity index (χ0) is 25.5. The Hall–Kier alpha value is -3.36. The Labute approximate surface area is 211 Å². The zero-order valence-electron chi connectivity index (χ0n) is 20.9. The number of benzene rings is 2. The molecule has 0 radical (unpaired) electrons. The number of Topliss-reactive ketones (excluding diaryl/α,β-unsaturated/α-hetero) is 1. The highest BCUT2D eigenvalue weighted by Crippen LogP contribution is 2.26. The van der Waals surface area contributed by atoms with E-state index < -0.39 is 17.7 Å². The normalized spacial score (nSPS) is 16.6. The van der Waals surface area contributed by atoms with Crippen LogP contribution in [0.15, 0.2) is 54.6 Å². The molecule has 2 unspecified atom stereocenters. The van der Waals surface area contributed by atoms with Gasteiger partial charge in [0.2, 0.25) is 5.95 Å². The highest BCUT2D eigenvalue weighted by atomic mass is 19.1. The summed E-state index contributed by atoms with van der Waals surface area (Å²) in [4.78, 5) is 24.6. The molecule has 1 aliphatic rings. The van der Waals surface area contributed by atoms with Crippen molar-refractivity contribution in [2.75, 3.05) is 29.9 Å². The monoisotopic (exact) mass is 491 g/mol. The molecule has 2 atom stereocenters. The van der Waals surface area contributed by atoms with Crippen molar-refractivity contribution in [1.29, 1.82) is 0 Å². The van der Waals surface area contributed by atoms with E-state index in [9.17, 15) is 14.3 Å². The average Bonchev–Trinajstić information content (AvgIpc) is 2.90. The molecule has 2 aromatic carbocycles. The molecule has 0 amide bonds. The minimum atomic E-state index is -1.45. The SMILES string of the molecule is CCCc1cc(N2CCCC(NCC)C2)nc(Nc2ccc(F)c(C(=O)C(O)c3ccccc3)c2)n1. The van der Waals surface area contributed by atoms with Crippen LogP contribution >= 0.6 is 0 Å². The lowest BCUT2D eigenvalue weighted by Gasteiger charge is -2.34. The predicted octanol–water partition coefficient (Wildman–Crippen LogP) is 4.81. The predicted molar refractivity (Wildman–Crippen MR) is 140 cm³/mol. The molecule has 1 aliphatic heterocycles. The first-order valence-electron chi connectivity index (χ1n) is 12.7. The van der Waals surface area contributed by atoms with E-state index in [2.05, 4.69) is 34.4 Å². The van der Waals surface area contributed by atoms with Gasteiger partial charge in [-0.1, -0.05) is 50.6 Å². The number of aliphatic hydroxyl groups excluding tert-OH is 1. The summed E-state index contributed by atoms with van der Waals surface area (Å²) < 4.78 is 14.6. The summed E-state index contributed by atoms with van der Waals surface area (Å²) in [7, 11) is 0. The van der Waals surface area contributed by atoms with Crippen molar-refractivity contribution < 1.29 is 14.3 Å².